The highest BCUT2D eigenvalue weighted by molar-refractivity contribution is 5.94. The molecule has 0 spiro atoms. The third kappa shape index (κ3) is 3.48. The van der Waals surface area contributed by atoms with Crippen molar-refractivity contribution in [3.8, 4) is 5.75 Å². The Balaban J connectivity index is 2.05. The first-order valence-electron chi connectivity index (χ1n) is 5.98. The number of aryl methyl sites for hydroxylation is 1. The van der Waals surface area contributed by atoms with Gasteiger partial charge in [0.05, 0.1) is 12.1 Å². The van der Waals surface area contributed by atoms with Crippen LogP contribution in [0.2, 0.25) is 0 Å². The maximum atomic E-state index is 11.9. The predicted octanol–water partition coefficient (Wildman–Crippen LogP) is 2.46. The molecule has 0 fully saturated rings. The van der Waals surface area contributed by atoms with Gasteiger partial charge >= 0.3 is 0 Å². The Morgan fingerprint density at radius 3 is 2.58 bits per heavy atom. The number of nitrogen functional groups attached to an aromatic ring is 1. The highest BCUT2D eigenvalue weighted by Gasteiger charge is 2.07. The molecule has 0 aliphatic heterocycles. The van der Waals surface area contributed by atoms with E-state index in [0.29, 0.717) is 11.4 Å². The maximum Gasteiger partial charge on any atom is 0.228 e. The van der Waals surface area contributed by atoms with Crippen LogP contribution in [0.15, 0.2) is 42.5 Å². The Kier molecular flexibility index (Phi) is 3.71. The summed E-state index contributed by atoms with van der Waals surface area (Å²) in [4.78, 5) is 11.9. The number of hydrogen-bond acceptors (Lipinski definition) is 3. The second-order valence-electron chi connectivity index (χ2n) is 4.49. The maximum absolute atomic E-state index is 11.9. The fourth-order valence-electron chi connectivity index (χ4n) is 1.74. The molecule has 2 rings (SSSR count). The van der Waals surface area contributed by atoms with E-state index in [2.05, 4.69) is 5.32 Å². The summed E-state index contributed by atoms with van der Waals surface area (Å²) in [5.41, 5.74) is 8.50. The number of aromatic hydroxyl groups is 1. The number of carbonyl (C=O) groups is 1. The molecule has 4 N–H and O–H groups in total. The average molecular weight is 256 g/mol. The van der Waals surface area contributed by atoms with Gasteiger partial charge in [0.2, 0.25) is 5.91 Å². The zero-order chi connectivity index (χ0) is 13.8. The Morgan fingerprint density at radius 1 is 1.21 bits per heavy atom. The van der Waals surface area contributed by atoms with Crippen LogP contribution in [-0.4, -0.2) is 11.0 Å². The summed E-state index contributed by atoms with van der Waals surface area (Å²) in [6.45, 7) is 1.99. The summed E-state index contributed by atoms with van der Waals surface area (Å²) in [5.74, 6) is -0.184. The van der Waals surface area contributed by atoms with Crippen LogP contribution >= 0.6 is 0 Å². The van der Waals surface area contributed by atoms with E-state index in [1.165, 1.54) is 12.1 Å². The van der Waals surface area contributed by atoms with Crippen LogP contribution in [0, 0.1) is 6.92 Å². The number of rotatable bonds is 3. The van der Waals surface area contributed by atoms with E-state index in [9.17, 15) is 9.90 Å². The Labute approximate surface area is 111 Å². The number of phenols is 1. The summed E-state index contributed by atoms with van der Waals surface area (Å²) in [6, 6.07) is 12.3. The Bertz CT molecular complexity index is 592. The summed E-state index contributed by atoms with van der Waals surface area (Å²) in [5, 5.41) is 12.3. The molecule has 4 nitrogen and oxygen atoms in total. The largest absolute Gasteiger partial charge is 0.506 e. The molecule has 0 heterocycles. The van der Waals surface area contributed by atoms with Crippen LogP contribution in [0.5, 0.6) is 5.75 Å². The van der Waals surface area contributed by atoms with Crippen LogP contribution in [0.1, 0.15) is 11.1 Å². The van der Waals surface area contributed by atoms with Gasteiger partial charge in [-0.05, 0) is 30.7 Å². The van der Waals surface area contributed by atoms with E-state index in [1.54, 1.807) is 6.07 Å². The molecule has 0 atom stereocenters. The van der Waals surface area contributed by atoms with E-state index < -0.39 is 0 Å². The summed E-state index contributed by atoms with van der Waals surface area (Å²) in [7, 11) is 0. The van der Waals surface area contributed by atoms with Gasteiger partial charge in [0.1, 0.15) is 5.75 Å². The molecule has 0 aliphatic carbocycles. The molecule has 0 bridgehead atoms. The lowest BCUT2D eigenvalue weighted by Gasteiger charge is -2.08. The van der Waals surface area contributed by atoms with Crippen molar-refractivity contribution in [2.24, 2.45) is 0 Å². The quantitative estimate of drug-likeness (QED) is 0.448. The van der Waals surface area contributed by atoms with E-state index in [1.807, 2.05) is 31.2 Å². The van der Waals surface area contributed by atoms with E-state index in [-0.39, 0.29) is 18.1 Å². The zero-order valence-corrected chi connectivity index (χ0v) is 10.7. The van der Waals surface area contributed by atoms with Gasteiger partial charge in [-0.2, -0.15) is 0 Å². The number of nitrogens with two attached hydrogens (primary N) is 1. The van der Waals surface area contributed by atoms with Gasteiger partial charge in [0, 0.05) is 5.69 Å². The van der Waals surface area contributed by atoms with Crippen molar-refractivity contribution in [1.82, 2.24) is 0 Å². The first kappa shape index (κ1) is 13.0. The molecule has 0 radical (unpaired) electrons. The predicted molar refractivity (Wildman–Crippen MR) is 76.0 cm³/mol. The lowest BCUT2D eigenvalue weighted by molar-refractivity contribution is -0.115. The van der Waals surface area contributed by atoms with Crippen LogP contribution in [0.3, 0.4) is 0 Å². The molecule has 2 aromatic rings. The molecule has 98 valence electrons. The molecular weight excluding hydrogens is 240 g/mol. The Morgan fingerprint density at radius 2 is 1.89 bits per heavy atom. The third-order valence-electron chi connectivity index (χ3n) is 2.78. The number of amides is 1. The van der Waals surface area contributed by atoms with E-state index >= 15 is 0 Å². The van der Waals surface area contributed by atoms with Gasteiger partial charge in [-0.25, -0.2) is 0 Å². The molecule has 4 heteroatoms. The second kappa shape index (κ2) is 5.44. The summed E-state index contributed by atoms with van der Waals surface area (Å²) in [6.07, 6.45) is 0.258. The first-order chi connectivity index (χ1) is 9.04. The van der Waals surface area contributed by atoms with E-state index in [4.69, 9.17) is 5.73 Å². The van der Waals surface area contributed by atoms with Gasteiger partial charge in [-0.1, -0.05) is 29.8 Å². The fraction of sp³-hybridized carbons (Fsp3) is 0.133. The molecule has 0 aliphatic rings. The number of carbonyl (C=O) groups excluding carboxylic acids is 1. The summed E-state index contributed by atoms with van der Waals surface area (Å²) < 4.78 is 0. The lowest BCUT2D eigenvalue weighted by atomic mass is 10.1. The molecule has 0 saturated carbocycles. The lowest BCUT2D eigenvalue weighted by Crippen LogP contribution is -2.14. The van der Waals surface area contributed by atoms with Gasteiger partial charge in [-0.15, -0.1) is 0 Å². The molecule has 0 aromatic heterocycles. The fourth-order valence-corrected chi connectivity index (χ4v) is 1.74. The van der Waals surface area contributed by atoms with Crippen LogP contribution < -0.4 is 11.1 Å². The molecule has 0 unspecified atom stereocenters. The number of hydrogen-bond donors (Lipinski definition) is 3. The minimum atomic E-state index is -0.190. The summed E-state index contributed by atoms with van der Waals surface area (Å²) >= 11 is 0. The van der Waals surface area contributed by atoms with Crippen molar-refractivity contribution in [2.75, 3.05) is 11.1 Å². The molecule has 19 heavy (non-hydrogen) atoms. The highest BCUT2D eigenvalue weighted by atomic mass is 16.3. The van der Waals surface area contributed by atoms with Crippen molar-refractivity contribution in [3.63, 3.8) is 0 Å². The van der Waals surface area contributed by atoms with Crippen molar-refractivity contribution in [2.45, 2.75) is 13.3 Å². The van der Waals surface area contributed by atoms with Crippen LogP contribution in [0.25, 0.3) is 0 Å². The number of nitrogens with one attached hydrogen (secondary N) is 1. The van der Waals surface area contributed by atoms with E-state index in [0.717, 1.165) is 11.1 Å². The average Bonchev–Trinajstić information content (AvgIpc) is 2.37. The third-order valence-corrected chi connectivity index (χ3v) is 2.78. The molecular formula is C15H16N2O2. The minimum absolute atomic E-state index is 0.00598. The van der Waals surface area contributed by atoms with Gasteiger partial charge in [0.15, 0.2) is 0 Å². The normalized spacial score (nSPS) is 10.2. The van der Waals surface area contributed by atoms with Crippen molar-refractivity contribution in [1.29, 1.82) is 0 Å². The topological polar surface area (TPSA) is 75.4 Å². The van der Waals surface area contributed by atoms with Crippen molar-refractivity contribution in [3.05, 3.63) is 53.6 Å². The van der Waals surface area contributed by atoms with Crippen molar-refractivity contribution >= 4 is 17.3 Å². The Hall–Kier alpha value is -2.49. The molecule has 0 saturated heterocycles. The van der Waals surface area contributed by atoms with Crippen molar-refractivity contribution < 1.29 is 9.90 Å². The zero-order valence-electron chi connectivity index (χ0n) is 10.7. The minimum Gasteiger partial charge on any atom is -0.506 e. The van der Waals surface area contributed by atoms with Crippen LogP contribution in [0.4, 0.5) is 11.4 Å². The monoisotopic (exact) mass is 256 g/mol. The van der Waals surface area contributed by atoms with Gasteiger partial charge < -0.3 is 16.2 Å². The van der Waals surface area contributed by atoms with Gasteiger partial charge in [-0.3, -0.25) is 4.79 Å². The standard InChI is InChI=1S/C15H16N2O2/c1-10-2-4-11(5-3-10)8-15(19)17-13-9-12(16)6-7-14(13)18/h2-7,9,18H,8,16H2,1H3,(H,17,19). The number of benzene rings is 2. The SMILES string of the molecule is Cc1ccc(CC(=O)Nc2cc(N)ccc2O)cc1. The van der Waals surface area contributed by atoms with Gasteiger partial charge in [0.25, 0.3) is 0 Å². The van der Waals surface area contributed by atoms with Crippen LogP contribution in [-0.2, 0) is 11.2 Å². The molecule has 1 amide bonds. The highest BCUT2D eigenvalue weighted by Crippen LogP contribution is 2.25. The first-order valence-corrected chi connectivity index (χ1v) is 5.98. The molecule has 2 aromatic carbocycles. The second-order valence-corrected chi connectivity index (χ2v) is 4.49. The number of anilines is 2. The smallest absolute Gasteiger partial charge is 0.228 e. The number of phenolic OH excluding ortho intramolecular Hbond substituents is 1.